The molecule has 0 saturated heterocycles. The molecule has 0 bridgehead atoms. The van der Waals surface area contributed by atoms with Crippen LogP contribution in [0.1, 0.15) is 71.6 Å². The molecule has 0 aromatic carbocycles. The Morgan fingerprint density at radius 3 is 1.87 bits per heavy atom. The zero-order chi connectivity index (χ0) is 11.8. The highest BCUT2D eigenvalue weighted by atomic mass is 16.1. The van der Waals surface area contributed by atoms with Crippen LogP contribution < -0.4 is 0 Å². The number of hydrogen-bond donors (Lipinski definition) is 0. The lowest BCUT2D eigenvalue weighted by Gasteiger charge is -1.90. The van der Waals surface area contributed by atoms with Crippen LogP contribution in [0.3, 0.4) is 0 Å². The number of carbonyl (C=O) groups excluding carboxylic acids is 1. The second kappa shape index (κ2) is 19.1. The van der Waals surface area contributed by atoms with E-state index in [0.717, 1.165) is 19.1 Å². The Balaban J connectivity index is 0. The predicted octanol–water partition coefficient (Wildman–Crippen LogP) is 4.91. The molecule has 0 amide bonds. The van der Waals surface area contributed by atoms with Crippen molar-refractivity contribution in [1.82, 2.24) is 0 Å². The molecule has 0 N–H and O–H groups in total. The van der Waals surface area contributed by atoms with Crippen LogP contribution in [0.25, 0.3) is 0 Å². The number of hydrogen-bond acceptors (Lipinski definition) is 1. The first kappa shape index (κ1) is 16.8. The summed E-state index contributed by atoms with van der Waals surface area (Å²) < 4.78 is 0. The lowest BCUT2D eigenvalue weighted by molar-refractivity contribution is -0.107. The molecule has 0 rings (SSSR count). The Labute approximate surface area is 96.0 Å². The first-order valence-corrected chi connectivity index (χ1v) is 6.37. The van der Waals surface area contributed by atoms with Gasteiger partial charge < -0.3 is 4.79 Å². The molecule has 90 valence electrons. The summed E-state index contributed by atoms with van der Waals surface area (Å²) in [7, 11) is 0. The molecule has 1 heteroatoms. The van der Waals surface area contributed by atoms with E-state index in [1.54, 1.807) is 0 Å². The van der Waals surface area contributed by atoms with Crippen molar-refractivity contribution in [1.29, 1.82) is 0 Å². The maximum absolute atomic E-state index is 9.77. The monoisotopic (exact) mass is 212 g/mol. The van der Waals surface area contributed by atoms with Gasteiger partial charge in [-0.2, -0.15) is 0 Å². The van der Waals surface area contributed by atoms with Crippen molar-refractivity contribution in [3.8, 4) is 0 Å². The van der Waals surface area contributed by atoms with E-state index in [0.29, 0.717) is 0 Å². The van der Waals surface area contributed by atoms with Gasteiger partial charge in [0.15, 0.2) is 0 Å². The van der Waals surface area contributed by atoms with Gasteiger partial charge >= 0.3 is 0 Å². The third-order valence-electron chi connectivity index (χ3n) is 2.19. The van der Waals surface area contributed by atoms with Gasteiger partial charge in [-0.3, -0.25) is 0 Å². The van der Waals surface area contributed by atoms with Gasteiger partial charge in [-0.25, -0.2) is 0 Å². The third-order valence-corrected chi connectivity index (χ3v) is 2.19. The molecule has 0 aromatic heterocycles. The summed E-state index contributed by atoms with van der Waals surface area (Å²) in [6.45, 7) is 8.01. The van der Waals surface area contributed by atoms with Crippen molar-refractivity contribution < 1.29 is 4.79 Å². The lowest BCUT2D eigenvalue weighted by Crippen LogP contribution is -1.76. The molecule has 1 nitrogen and oxygen atoms in total. The highest BCUT2D eigenvalue weighted by Gasteiger charge is 1.83. The second-order valence-corrected chi connectivity index (χ2v) is 3.80. The maximum Gasteiger partial charge on any atom is 0.119 e. The van der Waals surface area contributed by atoms with Crippen LogP contribution in [-0.4, -0.2) is 6.29 Å². The van der Waals surface area contributed by atoms with Crippen LogP contribution in [0.2, 0.25) is 0 Å². The van der Waals surface area contributed by atoms with Crippen molar-refractivity contribution in [3.05, 3.63) is 12.7 Å². The largest absolute Gasteiger partial charge is 0.303 e. The van der Waals surface area contributed by atoms with Crippen LogP contribution >= 0.6 is 0 Å². The highest BCUT2D eigenvalue weighted by molar-refractivity contribution is 5.48. The predicted molar refractivity (Wildman–Crippen MR) is 69.2 cm³/mol. The van der Waals surface area contributed by atoms with Crippen LogP contribution in [0.15, 0.2) is 12.7 Å². The second-order valence-electron chi connectivity index (χ2n) is 3.80. The first-order valence-electron chi connectivity index (χ1n) is 6.37. The van der Waals surface area contributed by atoms with Crippen molar-refractivity contribution in [3.63, 3.8) is 0 Å². The van der Waals surface area contributed by atoms with Crippen molar-refractivity contribution in [2.45, 2.75) is 71.6 Å². The molecule has 0 spiro atoms. The van der Waals surface area contributed by atoms with E-state index < -0.39 is 0 Å². The van der Waals surface area contributed by atoms with Gasteiger partial charge in [0.25, 0.3) is 0 Å². The molecule has 0 radical (unpaired) electrons. The molecule has 0 aromatic rings. The number of carbonyl (C=O) groups is 1. The van der Waals surface area contributed by atoms with Crippen LogP contribution in [-0.2, 0) is 4.79 Å². The van der Waals surface area contributed by atoms with E-state index in [1.807, 2.05) is 6.08 Å². The third kappa shape index (κ3) is 24.7. The molecular weight excluding hydrogens is 184 g/mol. The maximum atomic E-state index is 9.77. The van der Waals surface area contributed by atoms with Crippen molar-refractivity contribution in [2.24, 2.45) is 0 Å². The summed E-state index contributed by atoms with van der Waals surface area (Å²) in [5.41, 5.74) is 0. The normalized spacial score (nSPS) is 8.93. The Morgan fingerprint density at radius 1 is 0.867 bits per heavy atom. The van der Waals surface area contributed by atoms with E-state index in [-0.39, 0.29) is 0 Å². The summed E-state index contributed by atoms with van der Waals surface area (Å²) in [6, 6.07) is 0. The molecule has 0 aliphatic heterocycles. The fraction of sp³-hybridized carbons (Fsp3) is 0.786. The minimum atomic E-state index is 0.750. The standard InChI is InChI=1S/C7H14O.C7H14/c1-2-3-4-5-6-7-8;1-3-5-7-6-4-2/h7H,2-6H2,1H3;3H,1,4-7H2,2H3. The van der Waals surface area contributed by atoms with E-state index in [4.69, 9.17) is 0 Å². The molecule has 0 unspecified atom stereocenters. The minimum absolute atomic E-state index is 0.750. The summed E-state index contributed by atoms with van der Waals surface area (Å²) in [5.74, 6) is 0. The number of allylic oxidation sites excluding steroid dienone is 1. The van der Waals surface area contributed by atoms with Gasteiger partial charge in [-0.15, -0.1) is 6.58 Å². The summed E-state index contributed by atoms with van der Waals surface area (Å²) in [5, 5.41) is 0. The van der Waals surface area contributed by atoms with Crippen molar-refractivity contribution >= 4 is 6.29 Å². The van der Waals surface area contributed by atoms with Gasteiger partial charge in [-0.1, -0.05) is 52.0 Å². The van der Waals surface area contributed by atoms with Crippen LogP contribution in [0, 0.1) is 0 Å². The Hall–Kier alpha value is -0.590. The van der Waals surface area contributed by atoms with Gasteiger partial charge in [0.05, 0.1) is 0 Å². The average molecular weight is 212 g/mol. The van der Waals surface area contributed by atoms with E-state index in [1.165, 1.54) is 44.9 Å². The highest BCUT2D eigenvalue weighted by Crippen LogP contribution is 1.99. The zero-order valence-electron chi connectivity index (χ0n) is 10.6. The zero-order valence-corrected chi connectivity index (χ0v) is 10.6. The number of rotatable bonds is 9. The fourth-order valence-corrected chi connectivity index (χ4v) is 1.19. The first-order chi connectivity index (χ1) is 7.33. The van der Waals surface area contributed by atoms with Gasteiger partial charge in [0, 0.05) is 6.42 Å². The van der Waals surface area contributed by atoms with Crippen LogP contribution in [0.5, 0.6) is 0 Å². The summed E-state index contributed by atoms with van der Waals surface area (Å²) >= 11 is 0. The molecular formula is C14H28O. The van der Waals surface area contributed by atoms with E-state index in [2.05, 4.69) is 20.4 Å². The van der Waals surface area contributed by atoms with Gasteiger partial charge in [0.1, 0.15) is 6.29 Å². The molecule has 0 saturated carbocycles. The van der Waals surface area contributed by atoms with Gasteiger partial charge in [-0.05, 0) is 19.3 Å². The SMILES string of the molecule is C=CCCCCC.CCCCCCC=O. The van der Waals surface area contributed by atoms with Crippen molar-refractivity contribution in [2.75, 3.05) is 0 Å². The van der Waals surface area contributed by atoms with Gasteiger partial charge in [0.2, 0.25) is 0 Å². The molecule has 15 heavy (non-hydrogen) atoms. The summed E-state index contributed by atoms with van der Waals surface area (Å²) in [4.78, 5) is 9.77. The van der Waals surface area contributed by atoms with E-state index in [9.17, 15) is 4.79 Å². The fourth-order valence-electron chi connectivity index (χ4n) is 1.19. The average Bonchev–Trinajstić information content (AvgIpc) is 2.26. The molecule has 0 fully saturated rings. The molecule has 0 heterocycles. The van der Waals surface area contributed by atoms with Crippen LogP contribution in [0.4, 0.5) is 0 Å². The molecule has 0 aliphatic rings. The van der Waals surface area contributed by atoms with E-state index >= 15 is 0 Å². The topological polar surface area (TPSA) is 17.1 Å². The quantitative estimate of drug-likeness (QED) is 0.301. The minimum Gasteiger partial charge on any atom is -0.303 e. The molecule has 0 aliphatic carbocycles. The smallest absolute Gasteiger partial charge is 0.119 e. The Morgan fingerprint density at radius 2 is 1.40 bits per heavy atom. The molecule has 0 atom stereocenters. The number of aldehydes is 1. The lowest BCUT2D eigenvalue weighted by atomic mass is 10.2. The number of unbranched alkanes of at least 4 members (excludes halogenated alkanes) is 7. The Kier molecular flexibility index (Phi) is 21.4. The summed E-state index contributed by atoms with van der Waals surface area (Å²) in [6.07, 6.45) is 13.7. The Bertz CT molecular complexity index is 119.